The summed E-state index contributed by atoms with van der Waals surface area (Å²) in [7, 11) is 1.47. The van der Waals surface area contributed by atoms with E-state index in [2.05, 4.69) is 10.3 Å². The van der Waals surface area contributed by atoms with Crippen molar-refractivity contribution in [2.45, 2.75) is 70.7 Å². The quantitative estimate of drug-likeness (QED) is 0.573. The maximum Gasteiger partial charge on any atom is 0.410 e. The first-order valence-electron chi connectivity index (χ1n) is 13.1. The van der Waals surface area contributed by atoms with Gasteiger partial charge in [-0.3, -0.25) is 9.69 Å². The lowest BCUT2D eigenvalue weighted by Crippen LogP contribution is -2.47. The topological polar surface area (TPSA) is 93.2 Å². The molecular formula is C28H37FN4O5. The minimum atomic E-state index is -0.650. The average Bonchev–Trinajstić information content (AvgIpc) is 3.38. The fraction of sp³-hybridized carbons (Fsp3) is 0.536. The number of likely N-dealkylation sites (tertiary alicyclic amines) is 1. The number of pyridine rings is 1. The number of anilines is 1. The summed E-state index contributed by atoms with van der Waals surface area (Å²) >= 11 is 0. The van der Waals surface area contributed by atoms with Crippen LogP contribution in [0.4, 0.5) is 15.0 Å². The van der Waals surface area contributed by atoms with Gasteiger partial charge in [-0.2, -0.15) is 4.98 Å². The van der Waals surface area contributed by atoms with Gasteiger partial charge in [-0.25, -0.2) is 9.18 Å². The van der Waals surface area contributed by atoms with Gasteiger partial charge in [0.2, 0.25) is 11.8 Å². The van der Waals surface area contributed by atoms with Crippen molar-refractivity contribution in [2.75, 3.05) is 31.6 Å². The van der Waals surface area contributed by atoms with Crippen LogP contribution in [0.2, 0.25) is 0 Å². The Kier molecular flexibility index (Phi) is 8.58. The molecule has 0 radical (unpaired) electrons. The Hall–Kier alpha value is -3.56. The minimum absolute atomic E-state index is 0.0256. The highest BCUT2D eigenvalue weighted by molar-refractivity contribution is 5.86. The lowest BCUT2D eigenvalue weighted by atomic mass is 10.1. The summed E-state index contributed by atoms with van der Waals surface area (Å²) in [5, 5.41) is 2.81. The number of rotatable bonds is 7. The Balaban J connectivity index is 1.36. The lowest BCUT2D eigenvalue weighted by molar-refractivity contribution is -0.125. The first kappa shape index (κ1) is 27.5. The molecule has 9 nitrogen and oxygen atoms in total. The second-order valence-electron chi connectivity index (χ2n) is 10.6. The van der Waals surface area contributed by atoms with E-state index in [9.17, 15) is 9.59 Å². The van der Waals surface area contributed by atoms with Crippen molar-refractivity contribution in [3.05, 3.63) is 47.8 Å². The van der Waals surface area contributed by atoms with Gasteiger partial charge >= 0.3 is 6.09 Å². The van der Waals surface area contributed by atoms with E-state index in [1.165, 1.54) is 18.1 Å². The van der Waals surface area contributed by atoms with E-state index in [4.69, 9.17) is 14.2 Å². The van der Waals surface area contributed by atoms with Gasteiger partial charge in [0.15, 0.2) is 11.6 Å². The summed E-state index contributed by atoms with van der Waals surface area (Å²) in [6.45, 7) is 7.04. The number of nitrogens with zero attached hydrogens (tertiary/aromatic N) is 3. The van der Waals surface area contributed by atoms with Crippen molar-refractivity contribution in [3.8, 4) is 11.6 Å². The zero-order valence-electron chi connectivity index (χ0n) is 22.5. The van der Waals surface area contributed by atoms with E-state index in [1.54, 1.807) is 20.8 Å². The first-order chi connectivity index (χ1) is 18.1. The molecule has 0 aliphatic carbocycles. The average molecular weight is 529 g/mol. The van der Waals surface area contributed by atoms with Crippen LogP contribution >= 0.6 is 0 Å². The summed E-state index contributed by atoms with van der Waals surface area (Å²) in [6, 6.07) is 10.4. The molecule has 1 atom stereocenters. The number of methoxy groups -OCH3 is 1. The smallest absolute Gasteiger partial charge is 0.410 e. The molecule has 0 bridgehead atoms. The molecule has 1 aromatic carbocycles. The van der Waals surface area contributed by atoms with E-state index in [0.29, 0.717) is 38.0 Å². The van der Waals surface area contributed by atoms with Gasteiger partial charge in [0, 0.05) is 44.6 Å². The Morgan fingerprint density at radius 3 is 2.47 bits per heavy atom. The highest BCUT2D eigenvalue weighted by Crippen LogP contribution is 2.29. The summed E-state index contributed by atoms with van der Waals surface area (Å²) in [4.78, 5) is 33.2. The zero-order chi connectivity index (χ0) is 27.3. The largest absolute Gasteiger partial charge is 0.490 e. The number of halogens is 1. The molecule has 1 N–H and O–H groups in total. The Bertz CT molecular complexity index is 1120. The molecule has 10 heteroatoms. The second-order valence-corrected chi connectivity index (χ2v) is 10.6. The molecule has 0 saturated carbocycles. The molecule has 2 aromatic rings. The molecule has 2 fully saturated rings. The monoisotopic (exact) mass is 528 g/mol. The minimum Gasteiger partial charge on any atom is -0.490 e. The number of aromatic nitrogens is 1. The van der Waals surface area contributed by atoms with Crippen molar-refractivity contribution in [1.29, 1.82) is 0 Å². The van der Waals surface area contributed by atoms with Crippen LogP contribution < -0.4 is 19.7 Å². The molecule has 38 heavy (non-hydrogen) atoms. The van der Waals surface area contributed by atoms with E-state index >= 15 is 4.39 Å². The molecule has 1 unspecified atom stereocenters. The number of benzene rings is 1. The highest BCUT2D eigenvalue weighted by Gasteiger charge is 2.36. The normalized spacial score (nSPS) is 18.3. The highest BCUT2D eigenvalue weighted by atomic mass is 19.1. The van der Waals surface area contributed by atoms with Gasteiger partial charge in [-0.15, -0.1) is 0 Å². The third kappa shape index (κ3) is 6.85. The Morgan fingerprint density at radius 2 is 1.82 bits per heavy atom. The molecule has 2 saturated heterocycles. The Morgan fingerprint density at radius 1 is 1.11 bits per heavy atom. The number of nitrogens with one attached hydrogen (secondary N) is 1. The molecule has 2 amide bonds. The number of carbonyl (C=O) groups excluding carboxylic acids is 2. The molecule has 206 valence electrons. The van der Waals surface area contributed by atoms with Crippen LogP contribution in [-0.4, -0.2) is 66.4 Å². The van der Waals surface area contributed by atoms with Crippen LogP contribution in [0.15, 0.2) is 36.4 Å². The predicted octanol–water partition coefficient (Wildman–Crippen LogP) is 4.29. The van der Waals surface area contributed by atoms with Crippen molar-refractivity contribution < 1.29 is 28.2 Å². The van der Waals surface area contributed by atoms with Crippen LogP contribution in [0.3, 0.4) is 0 Å². The lowest BCUT2D eigenvalue weighted by Gasteiger charge is -2.33. The summed E-state index contributed by atoms with van der Waals surface area (Å²) in [5.74, 6) is 0.506. The van der Waals surface area contributed by atoms with E-state index in [-0.39, 0.29) is 30.3 Å². The van der Waals surface area contributed by atoms with E-state index in [0.717, 1.165) is 18.6 Å². The van der Waals surface area contributed by atoms with Crippen molar-refractivity contribution in [1.82, 2.24) is 15.2 Å². The Labute approximate surface area is 223 Å². The molecule has 1 aromatic heterocycles. The molecule has 2 aliphatic heterocycles. The first-order valence-corrected chi connectivity index (χ1v) is 13.1. The van der Waals surface area contributed by atoms with Crippen LogP contribution in [-0.2, 0) is 16.1 Å². The maximum absolute atomic E-state index is 15.2. The van der Waals surface area contributed by atoms with Crippen LogP contribution in [0.25, 0.3) is 0 Å². The fourth-order valence-electron chi connectivity index (χ4n) is 4.78. The number of para-hydroxylation sites is 1. The number of hydrogen-bond acceptors (Lipinski definition) is 7. The van der Waals surface area contributed by atoms with Gasteiger partial charge in [0.1, 0.15) is 23.5 Å². The van der Waals surface area contributed by atoms with Gasteiger partial charge in [-0.05, 0) is 51.8 Å². The van der Waals surface area contributed by atoms with Crippen LogP contribution in [0, 0.1) is 5.82 Å². The van der Waals surface area contributed by atoms with E-state index in [1.807, 2.05) is 35.2 Å². The van der Waals surface area contributed by atoms with Crippen LogP contribution in [0.1, 0.15) is 52.0 Å². The van der Waals surface area contributed by atoms with Gasteiger partial charge < -0.3 is 24.4 Å². The number of piperidine rings is 1. The summed E-state index contributed by atoms with van der Waals surface area (Å²) in [6.07, 6.45) is 2.28. The van der Waals surface area contributed by atoms with Gasteiger partial charge in [0.25, 0.3) is 0 Å². The maximum atomic E-state index is 15.2. The second kappa shape index (κ2) is 11.9. The molecule has 0 spiro atoms. The molecule has 3 heterocycles. The van der Waals surface area contributed by atoms with Crippen LogP contribution in [0.5, 0.6) is 11.6 Å². The van der Waals surface area contributed by atoms with Gasteiger partial charge in [0.05, 0.1) is 7.11 Å². The van der Waals surface area contributed by atoms with Gasteiger partial charge in [-0.1, -0.05) is 18.2 Å². The van der Waals surface area contributed by atoms with E-state index < -0.39 is 23.6 Å². The predicted molar refractivity (Wildman–Crippen MR) is 141 cm³/mol. The zero-order valence-corrected chi connectivity index (χ0v) is 22.5. The van der Waals surface area contributed by atoms with Crippen molar-refractivity contribution >= 4 is 17.8 Å². The van der Waals surface area contributed by atoms with Crippen molar-refractivity contribution in [3.63, 3.8) is 0 Å². The summed E-state index contributed by atoms with van der Waals surface area (Å²) < 4.78 is 32.1. The third-order valence-corrected chi connectivity index (χ3v) is 6.61. The van der Waals surface area contributed by atoms with Crippen molar-refractivity contribution in [2.24, 2.45) is 0 Å². The molecular weight excluding hydrogens is 491 g/mol. The number of ether oxygens (including phenoxy) is 3. The SMILES string of the molecule is COc1nc(N2CCC(Oc3ccccc3)CC2)c(F)cc1CNC(=O)C1CCCN1C(=O)OC(C)(C)C. The standard InChI is InChI=1S/C28H37FN4O5/c1-28(2,3)38-27(35)33-14-8-11-23(33)25(34)30-18-19-17-22(29)24(31-26(19)36-4)32-15-12-21(13-16-32)37-20-9-6-5-7-10-20/h5-7,9-10,17,21,23H,8,11-16,18H2,1-4H3,(H,30,34). The summed E-state index contributed by atoms with van der Waals surface area (Å²) in [5.41, 5.74) is -0.227. The molecule has 4 rings (SSSR count). The fourth-order valence-corrected chi connectivity index (χ4v) is 4.78. The number of amides is 2. The number of hydrogen-bond donors (Lipinski definition) is 1. The third-order valence-electron chi connectivity index (χ3n) is 6.61. The number of carbonyl (C=O) groups is 2. The molecule has 2 aliphatic rings.